The Morgan fingerprint density at radius 3 is 2.73 bits per heavy atom. The van der Waals surface area contributed by atoms with Crippen LogP contribution in [0.2, 0.25) is 0 Å². The Morgan fingerprint density at radius 1 is 1.47 bits per heavy atom. The third-order valence-electron chi connectivity index (χ3n) is 2.65. The highest BCUT2D eigenvalue weighted by Crippen LogP contribution is 2.25. The van der Waals surface area contributed by atoms with Gasteiger partial charge < -0.3 is 10.3 Å². The summed E-state index contributed by atoms with van der Waals surface area (Å²) < 4.78 is 5.25. The Balaban J connectivity index is 2.74. The van der Waals surface area contributed by atoms with E-state index in [9.17, 15) is 0 Å². The minimum Gasteiger partial charge on any atom is -0.339 e. The normalized spacial score (nSPS) is 15.2. The van der Waals surface area contributed by atoms with Crippen molar-refractivity contribution in [2.45, 2.75) is 38.4 Å². The van der Waals surface area contributed by atoms with Crippen molar-refractivity contribution >= 4 is 11.8 Å². The highest BCUT2D eigenvalue weighted by Gasteiger charge is 2.29. The van der Waals surface area contributed by atoms with Crippen LogP contribution >= 0.6 is 11.8 Å². The van der Waals surface area contributed by atoms with Gasteiger partial charge in [0.25, 0.3) is 0 Å². The number of hydrogen-bond donors (Lipinski definition) is 1. The highest BCUT2D eigenvalue weighted by atomic mass is 32.2. The minimum absolute atomic E-state index is 0.178. The molecule has 0 radical (unpaired) electrons. The molecule has 2 N–H and O–H groups in total. The Kier molecular flexibility index (Phi) is 4.60. The van der Waals surface area contributed by atoms with Gasteiger partial charge in [-0.05, 0) is 19.1 Å². The molecule has 1 rings (SSSR count). The van der Waals surface area contributed by atoms with E-state index < -0.39 is 0 Å². The standard InChI is InChI=1S/C10H19N3OS/c1-4-10(3,7-11)9-12-8(13-14-9)6-15-5-2/h4-7,11H2,1-3H3. The largest absolute Gasteiger partial charge is 0.339 e. The van der Waals surface area contributed by atoms with Crippen LogP contribution in [0, 0.1) is 0 Å². The molecule has 1 atom stereocenters. The molecule has 0 saturated heterocycles. The molecule has 0 spiro atoms. The Labute approximate surface area is 95.0 Å². The molecule has 0 aliphatic rings. The zero-order valence-electron chi connectivity index (χ0n) is 9.62. The zero-order valence-corrected chi connectivity index (χ0v) is 10.4. The van der Waals surface area contributed by atoms with Crippen LogP contribution in [0.25, 0.3) is 0 Å². The lowest BCUT2D eigenvalue weighted by Crippen LogP contribution is -2.31. The molecule has 0 aliphatic carbocycles. The van der Waals surface area contributed by atoms with Crippen molar-refractivity contribution in [1.82, 2.24) is 10.1 Å². The first kappa shape index (κ1) is 12.5. The molecule has 0 amide bonds. The number of nitrogens with two attached hydrogens (primary N) is 1. The maximum atomic E-state index is 5.73. The van der Waals surface area contributed by atoms with Gasteiger partial charge in [-0.25, -0.2) is 0 Å². The van der Waals surface area contributed by atoms with Gasteiger partial charge in [0.05, 0.1) is 11.2 Å². The molecule has 1 aromatic rings. The van der Waals surface area contributed by atoms with Gasteiger partial charge in [-0.2, -0.15) is 16.7 Å². The summed E-state index contributed by atoms with van der Waals surface area (Å²) in [6, 6.07) is 0. The number of aromatic nitrogens is 2. The topological polar surface area (TPSA) is 64.9 Å². The quantitative estimate of drug-likeness (QED) is 0.807. The van der Waals surface area contributed by atoms with Crippen molar-refractivity contribution in [3.63, 3.8) is 0 Å². The van der Waals surface area contributed by atoms with Gasteiger partial charge in [-0.1, -0.05) is 19.0 Å². The number of rotatable bonds is 6. The van der Waals surface area contributed by atoms with Crippen LogP contribution in [-0.2, 0) is 11.2 Å². The Morgan fingerprint density at radius 2 is 2.20 bits per heavy atom. The fourth-order valence-corrected chi connectivity index (χ4v) is 1.64. The molecular weight excluding hydrogens is 210 g/mol. The first-order chi connectivity index (χ1) is 7.16. The molecule has 4 nitrogen and oxygen atoms in total. The summed E-state index contributed by atoms with van der Waals surface area (Å²) in [4.78, 5) is 4.38. The van der Waals surface area contributed by atoms with Gasteiger partial charge in [0.2, 0.25) is 5.89 Å². The lowest BCUT2D eigenvalue weighted by molar-refractivity contribution is 0.289. The van der Waals surface area contributed by atoms with Crippen LogP contribution in [-0.4, -0.2) is 22.4 Å². The lowest BCUT2D eigenvalue weighted by Gasteiger charge is -2.20. The molecule has 1 heterocycles. The van der Waals surface area contributed by atoms with Gasteiger partial charge >= 0.3 is 0 Å². The van der Waals surface area contributed by atoms with Crippen LogP contribution in [0.5, 0.6) is 0 Å². The number of hydrogen-bond acceptors (Lipinski definition) is 5. The second kappa shape index (κ2) is 5.51. The molecule has 5 heteroatoms. The first-order valence-corrected chi connectivity index (χ1v) is 6.42. The summed E-state index contributed by atoms with van der Waals surface area (Å²) >= 11 is 1.78. The summed E-state index contributed by atoms with van der Waals surface area (Å²) in [5, 5.41) is 3.95. The smallest absolute Gasteiger partial charge is 0.233 e. The van der Waals surface area contributed by atoms with Gasteiger partial charge in [-0.15, -0.1) is 0 Å². The molecule has 0 fully saturated rings. The van der Waals surface area contributed by atoms with Crippen LogP contribution in [0.1, 0.15) is 38.9 Å². The molecule has 15 heavy (non-hydrogen) atoms. The molecule has 0 aromatic carbocycles. The summed E-state index contributed by atoms with van der Waals surface area (Å²) in [7, 11) is 0. The van der Waals surface area contributed by atoms with Crippen molar-refractivity contribution in [2.24, 2.45) is 5.73 Å². The molecule has 1 unspecified atom stereocenters. The van der Waals surface area contributed by atoms with E-state index in [4.69, 9.17) is 10.3 Å². The molecule has 0 saturated carbocycles. The van der Waals surface area contributed by atoms with E-state index in [0.717, 1.165) is 23.8 Å². The second-order valence-corrected chi connectivity index (χ2v) is 5.05. The van der Waals surface area contributed by atoms with Gasteiger partial charge in [0.1, 0.15) is 0 Å². The Bertz CT molecular complexity index is 297. The molecule has 1 aromatic heterocycles. The average Bonchev–Trinajstić information content (AvgIpc) is 2.74. The van der Waals surface area contributed by atoms with Gasteiger partial charge in [0.15, 0.2) is 5.82 Å². The van der Waals surface area contributed by atoms with E-state index in [2.05, 4.69) is 30.9 Å². The predicted molar refractivity (Wildman–Crippen MR) is 62.8 cm³/mol. The first-order valence-electron chi connectivity index (χ1n) is 5.27. The third kappa shape index (κ3) is 2.95. The van der Waals surface area contributed by atoms with E-state index in [1.807, 2.05) is 0 Å². The van der Waals surface area contributed by atoms with E-state index in [1.165, 1.54) is 0 Å². The Hall–Kier alpha value is -0.550. The molecule has 0 aliphatic heterocycles. The van der Waals surface area contributed by atoms with E-state index >= 15 is 0 Å². The van der Waals surface area contributed by atoms with Crippen molar-refractivity contribution < 1.29 is 4.52 Å². The second-order valence-electron chi connectivity index (χ2n) is 3.77. The molecule has 0 bridgehead atoms. The highest BCUT2D eigenvalue weighted by molar-refractivity contribution is 7.98. The SMILES string of the molecule is CCSCc1noc(C(C)(CC)CN)n1. The monoisotopic (exact) mass is 229 g/mol. The van der Waals surface area contributed by atoms with Crippen LogP contribution in [0.4, 0.5) is 0 Å². The van der Waals surface area contributed by atoms with E-state index in [-0.39, 0.29) is 5.41 Å². The van der Waals surface area contributed by atoms with Gasteiger partial charge in [-0.3, -0.25) is 0 Å². The van der Waals surface area contributed by atoms with Crippen molar-refractivity contribution in [3.8, 4) is 0 Å². The lowest BCUT2D eigenvalue weighted by atomic mass is 9.88. The number of thioether (sulfide) groups is 1. The van der Waals surface area contributed by atoms with Crippen molar-refractivity contribution in [1.29, 1.82) is 0 Å². The average molecular weight is 229 g/mol. The van der Waals surface area contributed by atoms with Crippen LogP contribution in [0.3, 0.4) is 0 Å². The van der Waals surface area contributed by atoms with E-state index in [1.54, 1.807) is 11.8 Å². The maximum absolute atomic E-state index is 5.73. The maximum Gasteiger partial charge on any atom is 0.233 e. The third-order valence-corrected chi connectivity index (χ3v) is 3.52. The summed E-state index contributed by atoms with van der Waals surface area (Å²) in [6.07, 6.45) is 0.909. The van der Waals surface area contributed by atoms with Crippen molar-refractivity contribution in [3.05, 3.63) is 11.7 Å². The predicted octanol–water partition coefficient (Wildman–Crippen LogP) is 1.95. The van der Waals surface area contributed by atoms with E-state index in [0.29, 0.717) is 12.4 Å². The summed E-state index contributed by atoms with van der Waals surface area (Å²) in [5.41, 5.74) is 5.55. The molecular formula is C10H19N3OS. The fraction of sp³-hybridized carbons (Fsp3) is 0.800. The summed E-state index contributed by atoms with van der Waals surface area (Å²) in [6.45, 7) is 6.78. The minimum atomic E-state index is -0.178. The summed E-state index contributed by atoms with van der Waals surface area (Å²) in [5.74, 6) is 3.31. The zero-order chi connectivity index (χ0) is 11.3. The molecule has 86 valence electrons. The fourth-order valence-electron chi connectivity index (χ4n) is 1.13. The van der Waals surface area contributed by atoms with Crippen LogP contribution in [0.15, 0.2) is 4.52 Å². The van der Waals surface area contributed by atoms with Crippen molar-refractivity contribution in [2.75, 3.05) is 12.3 Å². The van der Waals surface area contributed by atoms with Crippen LogP contribution < -0.4 is 5.73 Å². The van der Waals surface area contributed by atoms with Gasteiger partial charge in [0, 0.05) is 6.54 Å². The number of nitrogens with zero attached hydrogens (tertiary/aromatic N) is 2.